The average Bonchev–Trinajstić information content (AvgIpc) is 2.39. The molecule has 0 heterocycles. The summed E-state index contributed by atoms with van der Waals surface area (Å²) in [6.07, 6.45) is 0.817. The zero-order valence-electron chi connectivity index (χ0n) is 10.3. The molecule has 0 bridgehead atoms. The standard InChI is InChI=1S/C15H16INO/c1-18-12-6-4-5-11(9-12)10-15(17)13-7-2-3-8-14(13)16/h2-9,15H,10,17H2,1H3. The van der Waals surface area contributed by atoms with Crippen molar-refractivity contribution in [3.05, 3.63) is 63.2 Å². The summed E-state index contributed by atoms with van der Waals surface area (Å²) in [5.41, 5.74) is 8.66. The van der Waals surface area contributed by atoms with Gasteiger partial charge in [-0.25, -0.2) is 0 Å². The van der Waals surface area contributed by atoms with Gasteiger partial charge in [-0.15, -0.1) is 0 Å². The van der Waals surface area contributed by atoms with Gasteiger partial charge in [0.05, 0.1) is 7.11 Å². The molecule has 1 unspecified atom stereocenters. The third kappa shape index (κ3) is 3.23. The maximum absolute atomic E-state index is 6.27. The number of methoxy groups -OCH3 is 1. The Labute approximate surface area is 121 Å². The van der Waals surface area contributed by atoms with Crippen molar-refractivity contribution in [2.75, 3.05) is 7.11 Å². The van der Waals surface area contributed by atoms with Gasteiger partial charge in [-0.3, -0.25) is 0 Å². The molecule has 18 heavy (non-hydrogen) atoms. The molecule has 0 spiro atoms. The molecule has 0 aromatic heterocycles. The van der Waals surface area contributed by atoms with E-state index in [1.165, 1.54) is 14.7 Å². The monoisotopic (exact) mass is 353 g/mol. The van der Waals surface area contributed by atoms with Crippen LogP contribution in [0.3, 0.4) is 0 Å². The lowest BCUT2D eigenvalue weighted by molar-refractivity contribution is 0.414. The van der Waals surface area contributed by atoms with Gasteiger partial charge in [0.25, 0.3) is 0 Å². The van der Waals surface area contributed by atoms with Gasteiger partial charge >= 0.3 is 0 Å². The molecule has 0 saturated heterocycles. The van der Waals surface area contributed by atoms with E-state index in [1.807, 2.05) is 30.3 Å². The molecule has 2 aromatic carbocycles. The molecule has 0 aliphatic heterocycles. The molecule has 0 aliphatic carbocycles. The second-order valence-electron chi connectivity index (χ2n) is 4.18. The molecule has 0 radical (unpaired) electrons. The Morgan fingerprint density at radius 1 is 1.17 bits per heavy atom. The fourth-order valence-electron chi connectivity index (χ4n) is 1.94. The van der Waals surface area contributed by atoms with Crippen molar-refractivity contribution < 1.29 is 4.74 Å². The molecule has 94 valence electrons. The van der Waals surface area contributed by atoms with Crippen molar-refractivity contribution >= 4 is 22.6 Å². The van der Waals surface area contributed by atoms with Crippen molar-refractivity contribution in [3.63, 3.8) is 0 Å². The van der Waals surface area contributed by atoms with Crippen LogP contribution in [0.1, 0.15) is 17.2 Å². The Morgan fingerprint density at radius 2 is 1.94 bits per heavy atom. The van der Waals surface area contributed by atoms with E-state index in [9.17, 15) is 0 Å². The SMILES string of the molecule is COc1cccc(CC(N)c2ccccc2I)c1. The van der Waals surface area contributed by atoms with E-state index in [-0.39, 0.29) is 6.04 Å². The average molecular weight is 353 g/mol. The van der Waals surface area contributed by atoms with Gasteiger partial charge in [-0.2, -0.15) is 0 Å². The molecule has 2 nitrogen and oxygen atoms in total. The highest BCUT2D eigenvalue weighted by Crippen LogP contribution is 2.22. The molecule has 2 aromatic rings. The van der Waals surface area contributed by atoms with Gasteiger partial charge in [0, 0.05) is 9.61 Å². The van der Waals surface area contributed by atoms with Crippen LogP contribution in [-0.4, -0.2) is 7.11 Å². The maximum atomic E-state index is 6.27. The van der Waals surface area contributed by atoms with Gasteiger partial charge in [-0.05, 0) is 58.3 Å². The van der Waals surface area contributed by atoms with Gasteiger partial charge in [0.15, 0.2) is 0 Å². The van der Waals surface area contributed by atoms with Gasteiger partial charge in [0.2, 0.25) is 0 Å². The smallest absolute Gasteiger partial charge is 0.119 e. The molecule has 0 saturated carbocycles. The number of nitrogens with two attached hydrogens (primary N) is 1. The summed E-state index contributed by atoms with van der Waals surface area (Å²) in [4.78, 5) is 0. The fourth-order valence-corrected chi connectivity index (χ4v) is 2.73. The highest BCUT2D eigenvalue weighted by Gasteiger charge is 2.10. The maximum Gasteiger partial charge on any atom is 0.119 e. The number of ether oxygens (including phenoxy) is 1. The van der Waals surface area contributed by atoms with E-state index >= 15 is 0 Å². The molecule has 2 N–H and O–H groups in total. The van der Waals surface area contributed by atoms with Crippen molar-refractivity contribution in [3.8, 4) is 5.75 Å². The molecular weight excluding hydrogens is 337 g/mol. The summed E-state index contributed by atoms with van der Waals surface area (Å²) in [6.45, 7) is 0. The normalized spacial score (nSPS) is 12.2. The molecular formula is C15H16INO. The predicted molar refractivity (Wildman–Crippen MR) is 82.8 cm³/mol. The van der Waals surface area contributed by atoms with Crippen LogP contribution in [0.25, 0.3) is 0 Å². The second kappa shape index (κ2) is 6.20. The largest absolute Gasteiger partial charge is 0.497 e. The first kappa shape index (κ1) is 13.4. The van der Waals surface area contributed by atoms with Gasteiger partial charge in [-0.1, -0.05) is 30.3 Å². The Kier molecular flexibility index (Phi) is 4.60. The quantitative estimate of drug-likeness (QED) is 0.854. The molecule has 0 amide bonds. The van der Waals surface area contributed by atoms with Crippen LogP contribution in [0.2, 0.25) is 0 Å². The van der Waals surface area contributed by atoms with Crippen LogP contribution < -0.4 is 10.5 Å². The lowest BCUT2D eigenvalue weighted by atomic mass is 10.00. The van der Waals surface area contributed by atoms with Crippen LogP contribution in [0.4, 0.5) is 0 Å². The fraction of sp³-hybridized carbons (Fsp3) is 0.200. The van der Waals surface area contributed by atoms with E-state index in [2.05, 4.69) is 40.8 Å². The van der Waals surface area contributed by atoms with E-state index in [1.54, 1.807) is 7.11 Å². The molecule has 1 atom stereocenters. The highest BCUT2D eigenvalue weighted by atomic mass is 127. The molecule has 0 fully saturated rings. The highest BCUT2D eigenvalue weighted by molar-refractivity contribution is 14.1. The summed E-state index contributed by atoms with van der Waals surface area (Å²) < 4.78 is 6.44. The topological polar surface area (TPSA) is 35.2 Å². The first-order valence-electron chi connectivity index (χ1n) is 5.83. The number of benzene rings is 2. The van der Waals surface area contributed by atoms with E-state index in [4.69, 9.17) is 10.5 Å². The van der Waals surface area contributed by atoms with Gasteiger partial charge in [0.1, 0.15) is 5.75 Å². The summed E-state index contributed by atoms with van der Waals surface area (Å²) in [7, 11) is 1.68. The Morgan fingerprint density at radius 3 is 2.67 bits per heavy atom. The van der Waals surface area contributed by atoms with Crippen molar-refractivity contribution in [2.24, 2.45) is 5.73 Å². The van der Waals surface area contributed by atoms with Crippen LogP contribution in [0, 0.1) is 3.57 Å². The van der Waals surface area contributed by atoms with Crippen LogP contribution in [0.5, 0.6) is 5.75 Å². The first-order chi connectivity index (χ1) is 8.70. The Balaban J connectivity index is 2.16. The first-order valence-corrected chi connectivity index (χ1v) is 6.91. The minimum atomic E-state index is 0.0187. The molecule has 2 rings (SSSR count). The summed E-state index contributed by atoms with van der Waals surface area (Å²) in [5, 5.41) is 0. The number of hydrogen-bond donors (Lipinski definition) is 1. The molecule has 3 heteroatoms. The number of rotatable bonds is 4. The van der Waals surface area contributed by atoms with Crippen LogP contribution in [-0.2, 0) is 6.42 Å². The number of hydrogen-bond acceptors (Lipinski definition) is 2. The molecule has 0 aliphatic rings. The third-order valence-corrected chi connectivity index (χ3v) is 3.88. The Bertz CT molecular complexity index is 527. The van der Waals surface area contributed by atoms with E-state index < -0.39 is 0 Å². The summed E-state index contributed by atoms with van der Waals surface area (Å²) in [6, 6.07) is 16.3. The zero-order valence-corrected chi connectivity index (χ0v) is 12.4. The summed E-state index contributed by atoms with van der Waals surface area (Å²) >= 11 is 2.33. The van der Waals surface area contributed by atoms with Gasteiger partial charge < -0.3 is 10.5 Å². The lowest BCUT2D eigenvalue weighted by Gasteiger charge is -2.14. The van der Waals surface area contributed by atoms with E-state index in [0.717, 1.165) is 12.2 Å². The number of halogens is 1. The van der Waals surface area contributed by atoms with E-state index in [0.29, 0.717) is 0 Å². The minimum Gasteiger partial charge on any atom is -0.497 e. The minimum absolute atomic E-state index is 0.0187. The second-order valence-corrected chi connectivity index (χ2v) is 5.35. The third-order valence-electron chi connectivity index (χ3n) is 2.89. The summed E-state index contributed by atoms with van der Waals surface area (Å²) in [5.74, 6) is 0.877. The Hall–Kier alpha value is -1.07. The van der Waals surface area contributed by atoms with Crippen molar-refractivity contribution in [1.29, 1.82) is 0 Å². The lowest BCUT2D eigenvalue weighted by Crippen LogP contribution is -2.14. The van der Waals surface area contributed by atoms with Crippen LogP contribution in [0.15, 0.2) is 48.5 Å². The van der Waals surface area contributed by atoms with Crippen molar-refractivity contribution in [2.45, 2.75) is 12.5 Å². The predicted octanol–water partition coefficient (Wildman–Crippen LogP) is 3.54. The van der Waals surface area contributed by atoms with Crippen molar-refractivity contribution in [1.82, 2.24) is 0 Å². The zero-order chi connectivity index (χ0) is 13.0. The van der Waals surface area contributed by atoms with Crippen LogP contribution >= 0.6 is 22.6 Å².